The van der Waals surface area contributed by atoms with Crippen LogP contribution in [0.3, 0.4) is 0 Å². The van der Waals surface area contributed by atoms with E-state index in [4.69, 9.17) is 0 Å². The van der Waals surface area contributed by atoms with Gasteiger partial charge in [0.2, 0.25) is 10.0 Å². The van der Waals surface area contributed by atoms with Crippen molar-refractivity contribution in [2.75, 3.05) is 6.54 Å². The zero-order valence-electron chi connectivity index (χ0n) is 11.8. The van der Waals surface area contributed by atoms with Crippen molar-refractivity contribution >= 4 is 15.8 Å². The van der Waals surface area contributed by atoms with Crippen LogP contribution in [0.4, 0.5) is 0 Å². The summed E-state index contributed by atoms with van der Waals surface area (Å²) < 4.78 is 26.8. The maximum Gasteiger partial charge on any atom is 0.240 e. The predicted octanol–water partition coefficient (Wildman–Crippen LogP) is 2.31. The van der Waals surface area contributed by atoms with Gasteiger partial charge in [-0.05, 0) is 24.5 Å². The molecule has 19 heavy (non-hydrogen) atoms. The molecule has 0 heterocycles. The van der Waals surface area contributed by atoms with Crippen LogP contribution in [-0.4, -0.2) is 20.7 Å². The standard InChI is InChI=1S/C14H21NO3S/c1-5-15-19(17,18)13-9-7-6-8-12(13)14(10(2)3)11(4)16/h6-10,14-15H,5H2,1-4H3. The van der Waals surface area contributed by atoms with Crippen molar-refractivity contribution in [1.29, 1.82) is 0 Å². The molecule has 1 atom stereocenters. The molecule has 1 aromatic rings. The number of hydrogen-bond acceptors (Lipinski definition) is 3. The van der Waals surface area contributed by atoms with E-state index in [9.17, 15) is 13.2 Å². The van der Waals surface area contributed by atoms with Crippen LogP contribution >= 0.6 is 0 Å². The summed E-state index contributed by atoms with van der Waals surface area (Å²) in [4.78, 5) is 12.0. The molecule has 4 nitrogen and oxygen atoms in total. The average molecular weight is 283 g/mol. The van der Waals surface area contributed by atoms with Crippen molar-refractivity contribution in [1.82, 2.24) is 4.72 Å². The van der Waals surface area contributed by atoms with Gasteiger partial charge in [-0.25, -0.2) is 13.1 Å². The second-order valence-electron chi connectivity index (χ2n) is 4.87. The summed E-state index contributed by atoms with van der Waals surface area (Å²) >= 11 is 0. The summed E-state index contributed by atoms with van der Waals surface area (Å²) in [5.74, 6) is -0.366. The first-order chi connectivity index (χ1) is 8.81. The summed E-state index contributed by atoms with van der Waals surface area (Å²) in [6, 6.07) is 6.70. The minimum Gasteiger partial charge on any atom is -0.299 e. The van der Waals surface area contributed by atoms with Crippen LogP contribution in [0.2, 0.25) is 0 Å². The van der Waals surface area contributed by atoms with Gasteiger partial charge in [-0.2, -0.15) is 0 Å². The molecule has 5 heteroatoms. The Balaban J connectivity index is 3.41. The van der Waals surface area contributed by atoms with Gasteiger partial charge in [-0.15, -0.1) is 0 Å². The van der Waals surface area contributed by atoms with Gasteiger partial charge < -0.3 is 0 Å². The summed E-state index contributed by atoms with van der Waals surface area (Å²) in [5.41, 5.74) is 0.575. The molecule has 0 aliphatic heterocycles. The lowest BCUT2D eigenvalue weighted by Crippen LogP contribution is -2.26. The Hall–Kier alpha value is -1.20. The fraction of sp³-hybridized carbons (Fsp3) is 0.500. The number of nitrogens with one attached hydrogen (secondary N) is 1. The maximum absolute atomic E-state index is 12.2. The van der Waals surface area contributed by atoms with Crippen LogP contribution in [0.15, 0.2) is 29.2 Å². The Kier molecular flexibility index (Phi) is 5.26. The van der Waals surface area contributed by atoms with Crippen LogP contribution in [-0.2, 0) is 14.8 Å². The summed E-state index contributed by atoms with van der Waals surface area (Å²) in [6.07, 6.45) is 0. The second-order valence-corrected chi connectivity index (χ2v) is 6.61. The first kappa shape index (κ1) is 15.9. The molecule has 0 saturated carbocycles. The molecule has 0 bridgehead atoms. The van der Waals surface area contributed by atoms with Crippen LogP contribution in [0.25, 0.3) is 0 Å². The van der Waals surface area contributed by atoms with E-state index >= 15 is 0 Å². The number of carbonyl (C=O) groups excluding carboxylic acids is 1. The van der Waals surface area contributed by atoms with E-state index in [2.05, 4.69) is 4.72 Å². The quantitative estimate of drug-likeness (QED) is 0.871. The van der Waals surface area contributed by atoms with Gasteiger partial charge in [0.1, 0.15) is 5.78 Å². The van der Waals surface area contributed by atoms with Gasteiger partial charge in [0.05, 0.1) is 4.90 Å². The van der Waals surface area contributed by atoms with E-state index in [1.165, 1.54) is 6.92 Å². The Bertz CT molecular complexity index is 550. The number of hydrogen-bond donors (Lipinski definition) is 1. The van der Waals surface area contributed by atoms with Crippen molar-refractivity contribution in [3.05, 3.63) is 29.8 Å². The number of sulfonamides is 1. The third-order valence-electron chi connectivity index (χ3n) is 2.98. The molecule has 1 rings (SSSR count). The zero-order valence-corrected chi connectivity index (χ0v) is 12.6. The molecule has 0 radical (unpaired) electrons. The first-order valence-electron chi connectivity index (χ1n) is 6.40. The molecular weight excluding hydrogens is 262 g/mol. The lowest BCUT2D eigenvalue weighted by atomic mass is 9.85. The number of carbonyl (C=O) groups is 1. The molecule has 0 aromatic heterocycles. The van der Waals surface area contributed by atoms with E-state index in [-0.39, 0.29) is 16.6 Å². The first-order valence-corrected chi connectivity index (χ1v) is 7.88. The largest absolute Gasteiger partial charge is 0.299 e. The third-order valence-corrected chi connectivity index (χ3v) is 4.60. The van der Waals surface area contributed by atoms with Gasteiger partial charge in [0, 0.05) is 12.5 Å². The SMILES string of the molecule is CCNS(=O)(=O)c1ccccc1C(C(C)=O)C(C)C. The lowest BCUT2D eigenvalue weighted by molar-refractivity contribution is -0.119. The van der Waals surface area contributed by atoms with Gasteiger partial charge in [0.15, 0.2) is 0 Å². The second kappa shape index (κ2) is 6.30. The molecule has 1 aromatic carbocycles. The highest BCUT2D eigenvalue weighted by atomic mass is 32.2. The fourth-order valence-corrected chi connectivity index (χ4v) is 3.60. The summed E-state index contributed by atoms with van der Waals surface area (Å²) in [7, 11) is -3.56. The van der Waals surface area contributed by atoms with E-state index in [0.29, 0.717) is 12.1 Å². The van der Waals surface area contributed by atoms with Crippen LogP contribution in [0, 0.1) is 5.92 Å². The number of Topliss-reactive ketones (excluding diaryl/α,β-unsaturated/α-hetero) is 1. The van der Waals surface area contributed by atoms with Crippen molar-refractivity contribution < 1.29 is 13.2 Å². The number of rotatable bonds is 6. The topological polar surface area (TPSA) is 63.2 Å². The van der Waals surface area contributed by atoms with E-state index in [0.717, 1.165) is 0 Å². The number of ketones is 1. The fourth-order valence-electron chi connectivity index (χ4n) is 2.30. The minimum absolute atomic E-state index is 0.0193. The normalized spacial score (nSPS) is 13.5. The monoisotopic (exact) mass is 283 g/mol. The lowest BCUT2D eigenvalue weighted by Gasteiger charge is -2.21. The van der Waals surface area contributed by atoms with E-state index < -0.39 is 15.9 Å². The van der Waals surface area contributed by atoms with Gasteiger partial charge in [-0.1, -0.05) is 39.0 Å². The molecular formula is C14H21NO3S. The molecule has 1 unspecified atom stereocenters. The van der Waals surface area contributed by atoms with Crippen molar-refractivity contribution in [2.24, 2.45) is 5.92 Å². The van der Waals surface area contributed by atoms with Crippen LogP contribution < -0.4 is 4.72 Å². The van der Waals surface area contributed by atoms with Gasteiger partial charge >= 0.3 is 0 Å². The molecule has 0 saturated heterocycles. The molecule has 0 amide bonds. The summed E-state index contributed by atoms with van der Waals surface area (Å²) in [5, 5.41) is 0. The van der Waals surface area contributed by atoms with Crippen molar-refractivity contribution in [2.45, 2.75) is 38.5 Å². The highest BCUT2D eigenvalue weighted by molar-refractivity contribution is 7.89. The molecule has 0 aliphatic carbocycles. The Labute approximate surface area is 115 Å². The van der Waals surface area contributed by atoms with Crippen molar-refractivity contribution in [3.63, 3.8) is 0 Å². The summed E-state index contributed by atoms with van der Waals surface area (Å²) in [6.45, 7) is 7.39. The zero-order chi connectivity index (χ0) is 14.6. The molecule has 0 aliphatic rings. The Morgan fingerprint density at radius 2 is 1.84 bits per heavy atom. The Morgan fingerprint density at radius 1 is 1.26 bits per heavy atom. The number of benzene rings is 1. The molecule has 0 fully saturated rings. The molecule has 0 spiro atoms. The third kappa shape index (κ3) is 3.64. The van der Waals surface area contributed by atoms with E-state index in [1.54, 1.807) is 31.2 Å². The average Bonchev–Trinajstić information content (AvgIpc) is 2.28. The minimum atomic E-state index is -3.56. The Morgan fingerprint density at radius 3 is 2.32 bits per heavy atom. The predicted molar refractivity (Wildman–Crippen MR) is 75.6 cm³/mol. The molecule has 106 valence electrons. The highest BCUT2D eigenvalue weighted by Gasteiger charge is 2.27. The van der Waals surface area contributed by atoms with Crippen molar-refractivity contribution in [3.8, 4) is 0 Å². The highest BCUT2D eigenvalue weighted by Crippen LogP contribution is 2.30. The molecule has 1 N–H and O–H groups in total. The van der Waals surface area contributed by atoms with Crippen LogP contribution in [0.5, 0.6) is 0 Å². The van der Waals surface area contributed by atoms with Crippen LogP contribution in [0.1, 0.15) is 39.2 Å². The van der Waals surface area contributed by atoms with Gasteiger partial charge in [-0.3, -0.25) is 4.79 Å². The smallest absolute Gasteiger partial charge is 0.240 e. The van der Waals surface area contributed by atoms with Gasteiger partial charge in [0.25, 0.3) is 0 Å². The maximum atomic E-state index is 12.2. The van der Waals surface area contributed by atoms with E-state index in [1.807, 2.05) is 13.8 Å².